The third kappa shape index (κ3) is 1.95. The quantitative estimate of drug-likeness (QED) is 0.745. The van der Waals surface area contributed by atoms with Crippen LogP contribution in [0.3, 0.4) is 0 Å². The molecule has 0 aliphatic carbocycles. The second-order valence-electron chi connectivity index (χ2n) is 4.52. The first-order valence-corrected chi connectivity index (χ1v) is 5.93. The minimum Gasteiger partial charge on any atom is -0.506 e. The van der Waals surface area contributed by atoms with Gasteiger partial charge in [0.1, 0.15) is 11.6 Å². The van der Waals surface area contributed by atoms with E-state index in [0.717, 1.165) is 17.8 Å². The fourth-order valence-electron chi connectivity index (χ4n) is 2.17. The lowest BCUT2D eigenvalue weighted by molar-refractivity contribution is 0.471. The van der Waals surface area contributed by atoms with E-state index in [0.29, 0.717) is 0 Å². The van der Waals surface area contributed by atoms with Gasteiger partial charge in [-0.2, -0.15) is 0 Å². The molecular weight excluding hydrogens is 224 g/mol. The number of benzene rings is 1. The minimum atomic E-state index is 0.256. The summed E-state index contributed by atoms with van der Waals surface area (Å²) in [4.78, 5) is 4.41. The van der Waals surface area contributed by atoms with Crippen molar-refractivity contribution in [3.63, 3.8) is 0 Å². The standard InChI is InChI=1S/C15H14N2O/c1-11-3-2-4-12(7-11)8-15-16-9-13-5-6-14(18)10-17(13)15/h2-7,9-10,18H,8H2,1H3. The van der Waals surface area contributed by atoms with Crippen LogP contribution >= 0.6 is 0 Å². The molecule has 2 heterocycles. The van der Waals surface area contributed by atoms with Gasteiger partial charge >= 0.3 is 0 Å². The molecule has 0 fully saturated rings. The fraction of sp³-hybridized carbons (Fsp3) is 0.133. The maximum absolute atomic E-state index is 9.53. The third-order valence-corrected chi connectivity index (χ3v) is 3.03. The second-order valence-corrected chi connectivity index (χ2v) is 4.52. The van der Waals surface area contributed by atoms with E-state index >= 15 is 0 Å². The largest absolute Gasteiger partial charge is 0.506 e. The molecule has 1 N–H and O–H groups in total. The molecule has 0 aliphatic heterocycles. The molecular formula is C15H14N2O. The van der Waals surface area contributed by atoms with E-state index in [1.165, 1.54) is 11.1 Å². The number of imidazole rings is 1. The summed E-state index contributed by atoms with van der Waals surface area (Å²) in [6.45, 7) is 2.08. The Morgan fingerprint density at radius 2 is 2.11 bits per heavy atom. The monoisotopic (exact) mass is 238 g/mol. The Kier molecular flexibility index (Phi) is 2.52. The Morgan fingerprint density at radius 1 is 1.22 bits per heavy atom. The zero-order valence-electron chi connectivity index (χ0n) is 10.2. The topological polar surface area (TPSA) is 37.5 Å². The molecule has 0 bridgehead atoms. The molecule has 3 heteroatoms. The summed E-state index contributed by atoms with van der Waals surface area (Å²) in [6.07, 6.45) is 4.29. The summed E-state index contributed by atoms with van der Waals surface area (Å²) in [5.41, 5.74) is 3.47. The van der Waals surface area contributed by atoms with Crippen LogP contribution in [-0.4, -0.2) is 14.5 Å². The lowest BCUT2D eigenvalue weighted by Gasteiger charge is -2.03. The molecule has 18 heavy (non-hydrogen) atoms. The molecule has 2 aromatic heterocycles. The number of pyridine rings is 1. The highest BCUT2D eigenvalue weighted by atomic mass is 16.3. The Hall–Kier alpha value is -2.29. The Bertz CT molecular complexity index is 701. The number of aromatic hydroxyl groups is 1. The summed E-state index contributed by atoms with van der Waals surface area (Å²) < 4.78 is 1.93. The average molecular weight is 238 g/mol. The van der Waals surface area contributed by atoms with Gasteiger partial charge < -0.3 is 5.11 Å². The van der Waals surface area contributed by atoms with E-state index in [4.69, 9.17) is 0 Å². The van der Waals surface area contributed by atoms with Crippen molar-refractivity contribution in [2.75, 3.05) is 0 Å². The van der Waals surface area contributed by atoms with Gasteiger partial charge in [0.2, 0.25) is 0 Å². The molecule has 3 nitrogen and oxygen atoms in total. The molecule has 0 aliphatic rings. The molecule has 0 saturated heterocycles. The van der Waals surface area contributed by atoms with Gasteiger partial charge in [0.05, 0.1) is 17.9 Å². The van der Waals surface area contributed by atoms with Crippen LogP contribution in [0.25, 0.3) is 5.52 Å². The molecule has 0 unspecified atom stereocenters. The minimum absolute atomic E-state index is 0.256. The van der Waals surface area contributed by atoms with Gasteiger partial charge in [-0.15, -0.1) is 0 Å². The van der Waals surface area contributed by atoms with Crippen molar-refractivity contribution in [3.8, 4) is 5.75 Å². The predicted molar refractivity (Wildman–Crippen MR) is 70.8 cm³/mol. The number of rotatable bonds is 2. The predicted octanol–water partition coefficient (Wildman–Crippen LogP) is 2.94. The van der Waals surface area contributed by atoms with Gasteiger partial charge in [0, 0.05) is 6.42 Å². The lowest BCUT2D eigenvalue weighted by atomic mass is 10.1. The van der Waals surface area contributed by atoms with Crippen LogP contribution in [0.2, 0.25) is 0 Å². The third-order valence-electron chi connectivity index (χ3n) is 3.03. The van der Waals surface area contributed by atoms with E-state index in [9.17, 15) is 5.11 Å². The summed E-state index contributed by atoms with van der Waals surface area (Å²) in [5.74, 6) is 1.19. The van der Waals surface area contributed by atoms with E-state index in [1.807, 2.05) is 16.7 Å². The van der Waals surface area contributed by atoms with E-state index in [1.54, 1.807) is 12.3 Å². The number of hydrogen-bond donors (Lipinski definition) is 1. The molecule has 3 aromatic rings. The van der Waals surface area contributed by atoms with Crippen LogP contribution in [0.5, 0.6) is 5.75 Å². The number of aryl methyl sites for hydroxylation is 1. The first-order chi connectivity index (χ1) is 8.72. The highest BCUT2D eigenvalue weighted by Gasteiger charge is 2.05. The molecule has 0 spiro atoms. The van der Waals surface area contributed by atoms with Gasteiger partial charge in [-0.25, -0.2) is 4.98 Å². The number of nitrogens with zero attached hydrogens (tertiary/aromatic N) is 2. The van der Waals surface area contributed by atoms with Crippen molar-refractivity contribution < 1.29 is 5.11 Å². The summed E-state index contributed by atoms with van der Waals surface area (Å²) in [5, 5.41) is 9.53. The maximum Gasteiger partial charge on any atom is 0.132 e. The number of aromatic nitrogens is 2. The second kappa shape index (κ2) is 4.18. The van der Waals surface area contributed by atoms with Gasteiger partial charge in [0.15, 0.2) is 0 Å². The SMILES string of the molecule is Cc1cccc(Cc2ncc3ccc(O)cn23)c1. The molecule has 0 amide bonds. The summed E-state index contributed by atoms with van der Waals surface area (Å²) >= 11 is 0. The van der Waals surface area contributed by atoms with Crippen LogP contribution in [0.15, 0.2) is 48.8 Å². The first-order valence-electron chi connectivity index (χ1n) is 5.93. The molecule has 0 radical (unpaired) electrons. The summed E-state index contributed by atoms with van der Waals surface area (Å²) in [6, 6.07) is 11.9. The molecule has 0 saturated carbocycles. The highest BCUT2D eigenvalue weighted by molar-refractivity contribution is 5.48. The van der Waals surface area contributed by atoms with Crippen molar-refractivity contribution in [1.29, 1.82) is 0 Å². The van der Waals surface area contributed by atoms with Crippen LogP contribution in [0.1, 0.15) is 17.0 Å². The van der Waals surface area contributed by atoms with Crippen molar-refractivity contribution >= 4 is 5.52 Å². The zero-order chi connectivity index (χ0) is 12.5. The Morgan fingerprint density at radius 3 is 2.94 bits per heavy atom. The number of hydrogen-bond acceptors (Lipinski definition) is 2. The van der Waals surface area contributed by atoms with Gasteiger partial charge in [-0.3, -0.25) is 4.40 Å². The van der Waals surface area contributed by atoms with E-state index < -0.39 is 0 Å². The number of fused-ring (bicyclic) bond motifs is 1. The zero-order valence-corrected chi connectivity index (χ0v) is 10.2. The normalized spacial score (nSPS) is 10.9. The van der Waals surface area contributed by atoms with Crippen LogP contribution in [-0.2, 0) is 6.42 Å². The highest BCUT2D eigenvalue weighted by Crippen LogP contribution is 2.16. The van der Waals surface area contributed by atoms with Gasteiger partial charge in [-0.05, 0) is 24.6 Å². The van der Waals surface area contributed by atoms with Gasteiger partial charge in [-0.1, -0.05) is 29.8 Å². The molecule has 1 aromatic carbocycles. The summed E-state index contributed by atoms with van der Waals surface area (Å²) in [7, 11) is 0. The smallest absolute Gasteiger partial charge is 0.132 e. The van der Waals surface area contributed by atoms with Crippen LogP contribution < -0.4 is 0 Å². The van der Waals surface area contributed by atoms with Crippen molar-refractivity contribution in [2.45, 2.75) is 13.3 Å². The maximum atomic E-state index is 9.53. The van der Waals surface area contributed by atoms with E-state index in [2.05, 4.69) is 36.2 Å². The van der Waals surface area contributed by atoms with Crippen molar-refractivity contribution in [1.82, 2.24) is 9.38 Å². The van der Waals surface area contributed by atoms with Crippen LogP contribution in [0, 0.1) is 6.92 Å². The van der Waals surface area contributed by atoms with Crippen LogP contribution in [0.4, 0.5) is 0 Å². The fourth-order valence-corrected chi connectivity index (χ4v) is 2.17. The lowest BCUT2D eigenvalue weighted by Crippen LogP contribution is -1.96. The van der Waals surface area contributed by atoms with Gasteiger partial charge in [0.25, 0.3) is 0 Å². The molecule has 0 atom stereocenters. The van der Waals surface area contributed by atoms with E-state index in [-0.39, 0.29) is 5.75 Å². The molecule has 90 valence electrons. The average Bonchev–Trinajstić information content (AvgIpc) is 2.72. The Labute approximate surface area is 105 Å². The van der Waals surface area contributed by atoms with Crippen molar-refractivity contribution in [3.05, 3.63) is 65.7 Å². The molecule has 3 rings (SSSR count). The van der Waals surface area contributed by atoms with Crippen molar-refractivity contribution in [2.24, 2.45) is 0 Å². The first kappa shape index (κ1) is 10.8. The Balaban J connectivity index is 2.02.